The van der Waals surface area contributed by atoms with Crippen LogP contribution in [0.3, 0.4) is 0 Å². The lowest BCUT2D eigenvalue weighted by molar-refractivity contribution is -0.120. The molecule has 7 heteroatoms. The number of aliphatic imine (C=N–C) groups is 2. The molecule has 1 aromatic rings. The molecule has 3 N–H and O–H groups in total. The Kier molecular flexibility index (Phi) is 4.53. The summed E-state index contributed by atoms with van der Waals surface area (Å²) in [5, 5.41) is 14.5. The molecule has 0 spiro atoms. The van der Waals surface area contributed by atoms with E-state index >= 15 is 0 Å². The van der Waals surface area contributed by atoms with Crippen molar-refractivity contribution in [2.45, 2.75) is 12.8 Å². The summed E-state index contributed by atoms with van der Waals surface area (Å²) in [5.74, 6) is -0.340. The molecular formula is C20H20FN5O. The standard InChI is InChI=1S/C20H20FN5O/c21-15-1-3-16(4-2-15)26-17-7-14-5-6-23-11-20(14,8-13(17)9-22)19(27)18-10-24-12-25-18/h1-4,7,9-10,22-23,26H,5-6,8,11-12H2. The minimum atomic E-state index is -0.728. The zero-order valence-corrected chi connectivity index (χ0v) is 14.8. The third-order valence-electron chi connectivity index (χ3n) is 5.27. The highest BCUT2D eigenvalue weighted by atomic mass is 19.1. The third-order valence-corrected chi connectivity index (χ3v) is 5.27. The maximum absolute atomic E-state index is 13.3. The molecule has 0 amide bonds. The number of carbonyl (C=O) groups excluding carboxylic acids is 1. The number of allylic oxidation sites excluding steroid dienone is 2. The van der Waals surface area contributed by atoms with Crippen LogP contribution in [0, 0.1) is 16.6 Å². The largest absolute Gasteiger partial charge is 0.355 e. The normalized spacial score (nSPS) is 24.2. The number of fused-ring (bicyclic) bond motifs is 1. The molecule has 138 valence electrons. The van der Waals surface area contributed by atoms with Crippen molar-refractivity contribution in [3.63, 3.8) is 0 Å². The van der Waals surface area contributed by atoms with E-state index in [4.69, 9.17) is 5.41 Å². The minimum Gasteiger partial charge on any atom is -0.355 e. The van der Waals surface area contributed by atoms with Crippen molar-refractivity contribution >= 4 is 29.6 Å². The molecule has 0 aromatic heterocycles. The molecule has 0 saturated carbocycles. The summed E-state index contributed by atoms with van der Waals surface area (Å²) < 4.78 is 13.2. The van der Waals surface area contributed by atoms with E-state index in [1.807, 2.05) is 6.08 Å². The maximum atomic E-state index is 13.3. The number of halogens is 1. The third kappa shape index (κ3) is 3.14. The van der Waals surface area contributed by atoms with Gasteiger partial charge < -0.3 is 16.0 Å². The molecule has 2 heterocycles. The second kappa shape index (κ2) is 7.00. The summed E-state index contributed by atoms with van der Waals surface area (Å²) in [6.45, 7) is 1.62. The zero-order chi connectivity index (χ0) is 18.9. The van der Waals surface area contributed by atoms with Gasteiger partial charge in [-0.3, -0.25) is 14.8 Å². The average molecular weight is 365 g/mol. The van der Waals surface area contributed by atoms with Gasteiger partial charge in [-0.05, 0) is 55.3 Å². The van der Waals surface area contributed by atoms with Crippen molar-refractivity contribution in [2.24, 2.45) is 15.4 Å². The van der Waals surface area contributed by atoms with Gasteiger partial charge in [0.15, 0.2) is 5.78 Å². The van der Waals surface area contributed by atoms with Gasteiger partial charge >= 0.3 is 0 Å². The highest BCUT2D eigenvalue weighted by Gasteiger charge is 2.47. The zero-order valence-electron chi connectivity index (χ0n) is 14.8. The van der Waals surface area contributed by atoms with Crippen LogP contribution < -0.4 is 10.6 Å². The van der Waals surface area contributed by atoms with Crippen molar-refractivity contribution in [1.29, 1.82) is 5.41 Å². The van der Waals surface area contributed by atoms with E-state index in [0.29, 0.717) is 25.3 Å². The number of piperidine rings is 1. The van der Waals surface area contributed by atoms with E-state index in [-0.39, 0.29) is 11.6 Å². The van der Waals surface area contributed by atoms with Gasteiger partial charge in [0.1, 0.15) is 18.2 Å². The fourth-order valence-electron chi connectivity index (χ4n) is 3.85. The van der Waals surface area contributed by atoms with Crippen LogP contribution in [-0.2, 0) is 4.79 Å². The summed E-state index contributed by atoms with van der Waals surface area (Å²) in [4.78, 5) is 21.5. The fourth-order valence-corrected chi connectivity index (χ4v) is 3.85. The summed E-state index contributed by atoms with van der Waals surface area (Å²) in [6, 6.07) is 6.08. The number of hydrogen-bond acceptors (Lipinski definition) is 6. The van der Waals surface area contributed by atoms with Gasteiger partial charge in [-0.2, -0.15) is 0 Å². The molecule has 1 aliphatic carbocycles. The van der Waals surface area contributed by atoms with Crippen LogP contribution in [0.5, 0.6) is 0 Å². The summed E-state index contributed by atoms with van der Waals surface area (Å²) >= 11 is 0. The Morgan fingerprint density at radius 1 is 1.33 bits per heavy atom. The molecule has 6 nitrogen and oxygen atoms in total. The molecule has 1 atom stereocenters. The molecule has 0 bridgehead atoms. The summed E-state index contributed by atoms with van der Waals surface area (Å²) in [5.41, 5.74) is 2.96. The van der Waals surface area contributed by atoms with Crippen molar-refractivity contribution < 1.29 is 9.18 Å². The molecule has 3 aliphatic rings. The second-order valence-electron chi connectivity index (χ2n) is 6.90. The minimum absolute atomic E-state index is 0.0395. The lowest BCUT2D eigenvalue weighted by Gasteiger charge is -2.42. The van der Waals surface area contributed by atoms with Gasteiger partial charge in [0.05, 0.1) is 11.6 Å². The molecule has 4 rings (SSSR count). The predicted octanol–water partition coefficient (Wildman–Crippen LogP) is 2.50. The monoisotopic (exact) mass is 365 g/mol. The molecule has 0 radical (unpaired) electrons. The molecular weight excluding hydrogens is 345 g/mol. The van der Waals surface area contributed by atoms with Crippen molar-refractivity contribution in [3.8, 4) is 0 Å². The average Bonchev–Trinajstić information content (AvgIpc) is 3.23. The molecule has 27 heavy (non-hydrogen) atoms. The Bertz CT molecular complexity index is 913. The topological polar surface area (TPSA) is 89.7 Å². The van der Waals surface area contributed by atoms with Crippen molar-refractivity contribution in [3.05, 3.63) is 53.0 Å². The first-order chi connectivity index (χ1) is 13.1. The number of hydrogen-bond donors (Lipinski definition) is 3. The highest BCUT2D eigenvalue weighted by molar-refractivity contribution is 6.63. The van der Waals surface area contributed by atoms with Crippen LogP contribution in [0.15, 0.2) is 57.2 Å². The van der Waals surface area contributed by atoms with Gasteiger partial charge in [0.2, 0.25) is 0 Å². The number of nitrogens with one attached hydrogen (secondary N) is 3. The Labute approximate surface area is 156 Å². The number of carbonyl (C=O) groups is 1. The second-order valence-corrected chi connectivity index (χ2v) is 6.90. The van der Waals surface area contributed by atoms with Crippen molar-refractivity contribution in [1.82, 2.24) is 5.32 Å². The predicted molar refractivity (Wildman–Crippen MR) is 104 cm³/mol. The molecule has 1 saturated heterocycles. The Hall–Kier alpha value is -2.93. The number of nitrogens with zero attached hydrogens (tertiary/aromatic N) is 2. The van der Waals surface area contributed by atoms with Crippen LogP contribution in [0.2, 0.25) is 0 Å². The Morgan fingerprint density at radius 3 is 2.85 bits per heavy atom. The van der Waals surface area contributed by atoms with E-state index < -0.39 is 5.41 Å². The first-order valence-corrected chi connectivity index (χ1v) is 8.89. The van der Waals surface area contributed by atoms with Crippen LogP contribution >= 0.6 is 0 Å². The van der Waals surface area contributed by atoms with Gasteiger partial charge in [-0.25, -0.2) is 4.39 Å². The van der Waals surface area contributed by atoms with E-state index in [0.717, 1.165) is 35.5 Å². The summed E-state index contributed by atoms with van der Waals surface area (Å²) in [6.07, 6.45) is 5.97. The fraction of sp³-hybridized carbons (Fsp3) is 0.300. The maximum Gasteiger partial charge on any atom is 0.194 e. The number of ketones is 1. The van der Waals surface area contributed by atoms with Gasteiger partial charge in [0.25, 0.3) is 0 Å². The van der Waals surface area contributed by atoms with E-state index in [9.17, 15) is 9.18 Å². The summed E-state index contributed by atoms with van der Waals surface area (Å²) in [7, 11) is 0. The van der Waals surface area contributed by atoms with Crippen LogP contribution in [0.4, 0.5) is 10.1 Å². The van der Waals surface area contributed by atoms with Crippen LogP contribution in [-0.4, -0.2) is 43.7 Å². The molecule has 1 aromatic carbocycles. The van der Waals surface area contributed by atoms with E-state index in [1.54, 1.807) is 18.3 Å². The van der Waals surface area contributed by atoms with Crippen LogP contribution in [0.1, 0.15) is 12.8 Å². The first kappa shape index (κ1) is 17.5. The van der Waals surface area contributed by atoms with Gasteiger partial charge in [0, 0.05) is 24.1 Å². The number of rotatable bonds is 5. The Balaban J connectivity index is 1.70. The quantitative estimate of drug-likeness (QED) is 0.701. The highest BCUT2D eigenvalue weighted by Crippen LogP contribution is 2.44. The number of benzene rings is 1. The smallest absolute Gasteiger partial charge is 0.194 e. The molecule has 2 aliphatic heterocycles. The molecule has 1 fully saturated rings. The Morgan fingerprint density at radius 2 is 2.15 bits per heavy atom. The van der Waals surface area contributed by atoms with Crippen LogP contribution in [0.25, 0.3) is 0 Å². The first-order valence-electron chi connectivity index (χ1n) is 8.89. The SMILES string of the molecule is N=CC1=C(Nc2ccc(F)cc2)C=C2CCNCC2(C(=O)C2=NCN=C2)C1. The van der Waals surface area contributed by atoms with E-state index in [2.05, 4.69) is 20.6 Å². The number of Topliss-reactive ketones (excluding diaryl/α,β-unsaturated/α-hetero) is 1. The van der Waals surface area contributed by atoms with Gasteiger partial charge in [-0.15, -0.1) is 0 Å². The van der Waals surface area contributed by atoms with Gasteiger partial charge in [-0.1, -0.05) is 5.57 Å². The van der Waals surface area contributed by atoms with Crippen molar-refractivity contribution in [2.75, 3.05) is 25.1 Å². The number of anilines is 1. The molecule has 1 unspecified atom stereocenters. The van der Waals surface area contributed by atoms with E-state index in [1.165, 1.54) is 18.3 Å². The lowest BCUT2D eigenvalue weighted by atomic mass is 9.65. The lowest BCUT2D eigenvalue weighted by Crippen LogP contribution is -2.51.